The van der Waals surface area contributed by atoms with E-state index in [1.807, 2.05) is 13.8 Å². The first kappa shape index (κ1) is 12.0. The molecule has 14 heavy (non-hydrogen) atoms. The summed E-state index contributed by atoms with van der Waals surface area (Å²) in [5.41, 5.74) is 4.49. The third-order valence-corrected chi connectivity index (χ3v) is 3.81. The minimum absolute atomic E-state index is 0.0515. The van der Waals surface area contributed by atoms with E-state index in [9.17, 15) is 4.39 Å². The van der Waals surface area contributed by atoms with E-state index in [2.05, 4.69) is 0 Å². The molecule has 2 heteroatoms. The van der Waals surface area contributed by atoms with Crippen molar-refractivity contribution in [3.05, 3.63) is 0 Å². The Hall–Kier alpha value is -0.110. The molecule has 1 atom stereocenters. The Kier molecular flexibility index (Phi) is 4.36. The fourth-order valence-corrected chi connectivity index (χ4v) is 2.63. The van der Waals surface area contributed by atoms with Crippen LogP contribution in [0, 0.1) is 11.8 Å². The largest absolute Gasteiger partial charge is 0.328 e. The molecular formula is C12H24FN. The molecule has 0 heterocycles. The van der Waals surface area contributed by atoms with Crippen LogP contribution in [0.15, 0.2) is 0 Å². The molecule has 0 spiro atoms. The maximum Gasteiger partial charge on any atom is 0.128 e. The van der Waals surface area contributed by atoms with Crippen molar-refractivity contribution in [2.75, 3.05) is 6.54 Å². The first-order valence-electron chi connectivity index (χ1n) is 6.00. The monoisotopic (exact) mass is 201 g/mol. The zero-order valence-corrected chi connectivity index (χ0v) is 9.56. The summed E-state index contributed by atoms with van der Waals surface area (Å²) in [6, 6.07) is 0. The van der Waals surface area contributed by atoms with Gasteiger partial charge in [0.2, 0.25) is 0 Å². The van der Waals surface area contributed by atoms with E-state index >= 15 is 0 Å². The third-order valence-electron chi connectivity index (χ3n) is 3.81. The van der Waals surface area contributed by atoms with Crippen LogP contribution in [0.4, 0.5) is 4.39 Å². The molecular weight excluding hydrogens is 177 g/mol. The molecule has 0 aromatic carbocycles. The van der Waals surface area contributed by atoms with Crippen molar-refractivity contribution < 1.29 is 4.39 Å². The fourth-order valence-electron chi connectivity index (χ4n) is 2.63. The molecule has 1 unspecified atom stereocenters. The second kappa shape index (κ2) is 5.11. The molecule has 1 saturated carbocycles. The fraction of sp³-hybridized carbons (Fsp3) is 1.00. The normalized spacial score (nSPS) is 24.6. The molecule has 0 radical (unpaired) electrons. The summed E-state index contributed by atoms with van der Waals surface area (Å²) >= 11 is 0. The smallest absolute Gasteiger partial charge is 0.128 e. The number of hydrogen-bond acceptors (Lipinski definition) is 1. The van der Waals surface area contributed by atoms with Crippen molar-refractivity contribution in [1.29, 1.82) is 0 Å². The highest BCUT2D eigenvalue weighted by molar-refractivity contribution is 4.91. The molecule has 0 aliphatic heterocycles. The lowest BCUT2D eigenvalue weighted by atomic mass is 9.76. The molecule has 1 nitrogen and oxygen atoms in total. The van der Waals surface area contributed by atoms with Crippen molar-refractivity contribution in [2.45, 2.75) is 58.0 Å². The molecule has 1 aliphatic carbocycles. The van der Waals surface area contributed by atoms with Gasteiger partial charge in [-0.2, -0.15) is 0 Å². The predicted octanol–water partition coefficient (Wildman–Crippen LogP) is 3.28. The van der Waals surface area contributed by atoms with Crippen molar-refractivity contribution >= 4 is 0 Å². The van der Waals surface area contributed by atoms with E-state index < -0.39 is 5.67 Å². The number of hydrogen-bond donors (Lipinski definition) is 1. The summed E-state index contributed by atoms with van der Waals surface area (Å²) in [6.07, 6.45) is 6.98. The van der Waals surface area contributed by atoms with Crippen molar-refractivity contribution in [2.24, 2.45) is 17.6 Å². The third kappa shape index (κ3) is 2.47. The van der Waals surface area contributed by atoms with Crippen LogP contribution in [0.2, 0.25) is 0 Å². The van der Waals surface area contributed by atoms with E-state index in [1.54, 1.807) is 0 Å². The molecule has 0 saturated heterocycles. The maximum atomic E-state index is 14.6. The van der Waals surface area contributed by atoms with Gasteiger partial charge in [0, 0.05) is 6.54 Å². The minimum atomic E-state index is -1.12. The Morgan fingerprint density at radius 1 is 1.21 bits per heavy atom. The van der Waals surface area contributed by atoms with Gasteiger partial charge in [0.25, 0.3) is 0 Å². The molecule has 0 aromatic heterocycles. The van der Waals surface area contributed by atoms with Gasteiger partial charge in [-0.05, 0) is 24.7 Å². The number of alkyl halides is 1. The van der Waals surface area contributed by atoms with Gasteiger partial charge in [-0.15, -0.1) is 0 Å². The van der Waals surface area contributed by atoms with Gasteiger partial charge >= 0.3 is 0 Å². The summed E-state index contributed by atoms with van der Waals surface area (Å²) in [5, 5.41) is 0. The Balaban J connectivity index is 2.66. The van der Waals surface area contributed by atoms with E-state index in [1.165, 1.54) is 25.7 Å². The van der Waals surface area contributed by atoms with E-state index in [0.717, 1.165) is 12.8 Å². The van der Waals surface area contributed by atoms with Gasteiger partial charge in [-0.1, -0.05) is 39.5 Å². The van der Waals surface area contributed by atoms with Gasteiger partial charge in [-0.25, -0.2) is 4.39 Å². The topological polar surface area (TPSA) is 26.0 Å². The van der Waals surface area contributed by atoms with Crippen LogP contribution in [0.3, 0.4) is 0 Å². The van der Waals surface area contributed by atoms with Gasteiger partial charge in [0.15, 0.2) is 0 Å². The van der Waals surface area contributed by atoms with Crippen LogP contribution in [0.5, 0.6) is 0 Å². The van der Waals surface area contributed by atoms with Gasteiger partial charge < -0.3 is 5.73 Å². The highest BCUT2D eigenvalue weighted by Crippen LogP contribution is 2.38. The van der Waals surface area contributed by atoms with E-state index in [4.69, 9.17) is 5.73 Å². The average Bonchev–Trinajstić information content (AvgIpc) is 2.44. The lowest BCUT2D eigenvalue weighted by molar-refractivity contribution is 0.0306. The van der Waals surface area contributed by atoms with Crippen LogP contribution < -0.4 is 5.73 Å². The Morgan fingerprint density at radius 2 is 1.71 bits per heavy atom. The molecule has 0 aromatic rings. The standard InChI is InChI=1S/C12H24FN/c1-10(2)12(13,9-14)11-7-5-3-4-6-8-11/h10-11H,3-9,14H2,1-2H3. The number of halogens is 1. The summed E-state index contributed by atoms with van der Waals surface area (Å²) in [4.78, 5) is 0. The van der Waals surface area contributed by atoms with Crippen LogP contribution in [-0.4, -0.2) is 12.2 Å². The van der Waals surface area contributed by atoms with Gasteiger partial charge in [-0.3, -0.25) is 0 Å². The molecule has 1 rings (SSSR count). The second-order valence-corrected chi connectivity index (χ2v) is 4.97. The summed E-state index contributed by atoms with van der Waals surface area (Å²) in [5.74, 6) is 0.255. The van der Waals surface area contributed by atoms with Gasteiger partial charge in [0.1, 0.15) is 5.67 Å². The first-order valence-corrected chi connectivity index (χ1v) is 6.00. The highest BCUT2D eigenvalue weighted by atomic mass is 19.1. The SMILES string of the molecule is CC(C)C(F)(CN)C1CCCCCC1. The lowest BCUT2D eigenvalue weighted by Gasteiger charge is -2.35. The van der Waals surface area contributed by atoms with Crippen LogP contribution in [0.25, 0.3) is 0 Å². The first-order chi connectivity index (χ1) is 6.61. The minimum Gasteiger partial charge on any atom is -0.328 e. The Labute approximate surface area is 87.3 Å². The second-order valence-electron chi connectivity index (χ2n) is 4.97. The van der Waals surface area contributed by atoms with E-state index in [-0.39, 0.29) is 18.4 Å². The molecule has 0 amide bonds. The number of nitrogens with two attached hydrogens (primary N) is 1. The molecule has 84 valence electrons. The molecule has 1 fully saturated rings. The van der Waals surface area contributed by atoms with E-state index in [0.29, 0.717) is 0 Å². The van der Waals surface area contributed by atoms with Crippen molar-refractivity contribution in [1.82, 2.24) is 0 Å². The molecule has 2 N–H and O–H groups in total. The predicted molar refractivity (Wildman–Crippen MR) is 58.9 cm³/mol. The lowest BCUT2D eigenvalue weighted by Crippen LogP contribution is -2.45. The molecule has 0 bridgehead atoms. The average molecular weight is 201 g/mol. The van der Waals surface area contributed by atoms with Gasteiger partial charge in [0.05, 0.1) is 0 Å². The van der Waals surface area contributed by atoms with Crippen LogP contribution >= 0.6 is 0 Å². The zero-order chi connectivity index (χ0) is 10.6. The summed E-state index contributed by atoms with van der Waals surface area (Å²) in [7, 11) is 0. The Morgan fingerprint density at radius 3 is 2.07 bits per heavy atom. The summed E-state index contributed by atoms with van der Waals surface area (Å²) < 4.78 is 14.6. The number of rotatable bonds is 3. The van der Waals surface area contributed by atoms with Crippen LogP contribution in [0.1, 0.15) is 52.4 Å². The van der Waals surface area contributed by atoms with Crippen molar-refractivity contribution in [3.63, 3.8) is 0 Å². The maximum absolute atomic E-state index is 14.6. The Bertz CT molecular complexity index is 162. The quantitative estimate of drug-likeness (QED) is 0.697. The molecule has 1 aliphatic rings. The highest BCUT2D eigenvalue weighted by Gasteiger charge is 2.40. The van der Waals surface area contributed by atoms with Crippen molar-refractivity contribution in [3.8, 4) is 0 Å². The summed E-state index contributed by atoms with van der Waals surface area (Å²) in [6.45, 7) is 4.10. The van der Waals surface area contributed by atoms with Crippen LogP contribution in [-0.2, 0) is 0 Å². The zero-order valence-electron chi connectivity index (χ0n) is 9.56.